The number of halogens is 4. The highest BCUT2D eigenvalue weighted by Crippen LogP contribution is 2.27. The molecule has 0 bridgehead atoms. The molecule has 210 valence electrons. The Morgan fingerprint density at radius 3 is 2.12 bits per heavy atom. The van der Waals surface area contributed by atoms with Gasteiger partial charge in [-0.15, -0.1) is 0 Å². The van der Waals surface area contributed by atoms with Crippen molar-refractivity contribution in [1.29, 1.82) is 5.26 Å². The van der Waals surface area contributed by atoms with E-state index in [4.69, 9.17) is 50.8 Å². The van der Waals surface area contributed by atoms with E-state index >= 15 is 0 Å². The van der Waals surface area contributed by atoms with Gasteiger partial charge in [-0.1, -0.05) is 64.6 Å². The zero-order valence-corrected chi connectivity index (χ0v) is 25.0. The van der Waals surface area contributed by atoms with Crippen LogP contribution in [0.15, 0.2) is 93.7 Å². The van der Waals surface area contributed by atoms with Crippen molar-refractivity contribution in [2.75, 3.05) is 0 Å². The molecule has 0 aliphatic carbocycles. The second kappa shape index (κ2) is 13.6. The van der Waals surface area contributed by atoms with Crippen molar-refractivity contribution in [2.24, 2.45) is 0 Å². The minimum atomic E-state index is -4.01. The lowest BCUT2D eigenvalue weighted by Crippen LogP contribution is -2.30. The molecule has 0 saturated carbocycles. The zero-order chi connectivity index (χ0) is 29.6. The molecule has 7 nitrogen and oxygen atoms in total. The first-order valence-corrected chi connectivity index (χ1v) is 14.9. The van der Waals surface area contributed by atoms with Crippen molar-refractivity contribution in [3.05, 3.63) is 127 Å². The van der Waals surface area contributed by atoms with Crippen molar-refractivity contribution in [1.82, 2.24) is 9.62 Å². The first-order valence-electron chi connectivity index (χ1n) is 12.0. The van der Waals surface area contributed by atoms with Crippen LogP contribution in [-0.2, 0) is 34.5 Å². The lowest BCUT2D eigenvalue weighted by atomic mass is 10.2. The zero-order valence-electron chi connectivity index (χ0n) is 21.2. The molecule has 0 unspecified atom stereocenters. The van der Waals surface area contributed by atoms with Crippen LogP contribution in [0.4, 0.5) is 0 Å². The number of nitrogens with zero attached hydrogens (tertiary/aromatic N) is 2. The minimum absolute atomic E-state index is 0.0374. The molecule has 41 heavy (non-hydrogen) atoms. The summed E-state index contributed by atoms with van der Waals surface area (Å²) in [5, 5.41) is 13.8. The molecule has 0 aliphatic heterocycles. The van der Waals surface area contributed by atoms with E-state index in [-0.39, 0.29) is 46.6 Å². The predicted octanol–water partition coefficient (Wildman–Crippen LogP) is 7.51. The first kappa shape index (κ1) is 30.7. The number of furan rings is 1. The standard InChI is InChI=1S/C29H21Cl4N3O4S/c30-22-4-1-19(2-5-22)16-35-29(37)21(15-34)14-24-8-9-25(40-24)18-36(17-20-3-12-27(32)28(33)13-20)41(38,39)26-10-6-23(31)7-11-26/h1-14H,16-18H2,(H,35,37)/b21-14-. The highest BCUT2D eigenvalue weighted by atomic mass is 35.5. The molecule has 0 fully saturated rings. The van der Waals surface area contributed by atoms with Crippen LogP contribution in [0.5, 0.6) is 0 Å². The van der Waals surface area contributed by atoms with E-state index in [0.717, 1.165) is 5.56 Å². The second-order valence-corrected chi connectivity index (χ2v) is 12.4. The first-order chi connectivity index (χ1) is 19.5. The van der Waals surface area contributed by atoms with Gasteiger partial charge in [0.15, 0.2) is 0 Å². The summed E-state index contributed by atoms with van der Waals surface area (Å²) in [5.74, 6) is -0.101. The summed E-state index contributed by atoms with van der Waals surface area (Å²) in [4.78, 5) is 12.6. The Hall–Kier alpha value is -3.29. The Morgan fingerprint density at radius 2 is 1.49 bits per heavy atom. The maximum atomic E-state index is 13.6. The van der Waals surface area contributed by atoms with Gasteiger partial charge < -0.3 is 9.73 Å². The molecule has 1 aromatic heterocycles. The van der Waals surface area contributed by atoms with E-state index in [1.165, 1.54) is 34.6 Å². The number of hydrogen-bond donors (Lipinski definition) is 1. The fourth-order valence-electron chi connectivity index (χ4n) is 3.72. The average molecular weight is 649 g/mol. The van der Waals surface area contributed by atoms with E-state index in [1.54, 1.807) is 54.6 Å². The summed E-state index contributed by atoms with van der Waals surface area (Å²) in [5.41, 5.74) is 1.23. The Bertz CT molecular complexity index is 1730. The summed E-state index contributed by atoms with van der Waals surface area (Å²) in [6.07, 6.45) is 1.29. The number of benzene rings is 3. The summed E-state index contributed by atoms with van der Waals surface area (Å²) in [6.45, 7) is 0.0125. The molecular formula is C29H21Cl4N3O4S. The van der Waals surface area contributed by atoms with Crippen molar-refractivity contribution in [2.45, 2.75) is 24.5 Å². The van der Waals surface area contributed by atoms with Gasteiger partial charge in [0.1, 0.15) is 23.2 Å². The molecule has 1 N–H and O–H groups in total. The maximum absolute atomic E-state index is 13.6. The molecule has 0 spiro atoms. The predicted molar refractivity (Wildman–Crippen MR) is 160 cm³/mol. The van der Waals surface area contributed by atoms with Crippen molar-refractivity contribution in [3.63, 3.8) is 0 Å². The van der Waals surface area contributed by atoms with Gasteiger partial charge in [-0.2, -0.15) is 9.57 Å². The van der Waals surface area contributed by atoms with E-state index < -0.39 is 15.9 Å². The SMILES string of the molecule is N#C/C(=C/c1ccc(CN(Cc2ccc(Cl)c(Cl)c2)S(=O)(=O)c2ccc(Cl)cc2)o1)C(=O)NCc1ccc(Cl)cc1. The fraction of sp³-hybridized carbons (Fsp3) is 0.103. The molecule has 0 atom stereocenters. The second-order valence-electron chi connectivity index (χ2n) is 8.76. The molecule has 0 saturated heterocycles. The number of nitriles is 1. The van der Waals surface area contributed by atoms with Crippen LogP contribution in [0.3, 0.4) is 0 Å². The van der Waals surface area contributed by atoms with Gasteiger partial charge in [-0.3, -0.25) is 4.79 Å². The molecule has 4 rings (SSSR count). The van der Waals surface area contributed by atoms with Crippen LogP contribution < -0.4 is 5.32 Å². The maximum Gasteiger partial charge on any atom is 0.262 e. The highest BCUT2D eigenvalue weighted by Gasteiger charge is 2.26. The van der Waals surface area contributed by atoms with Crippen molar-refractivity contribution >= 4 is 68.4 Å². The largest absolute Gasteiger partial charge is 0.460 e. The number of nitrogens with one attached hydrogen (secondary N) is 1. The minimum Gasteiger partial charge on any atom is -0.460 e. The normalized spacial score (nSPS) is 11.9. The Kier molecular flexibility index (Phi) is 10.2. The number of amides is 1. The fourth-order valence-corrected chi connectivity index (χ4v) is 5.69. The Balaban J connectivity index is 1.55. The van der Waals surface area contributed by atoms with Gasteiger partial charge in [-0.25, -0.2) is 8.42 Å². The third-order valence-corrected chi connectivity index (χ3v) is 8.88. The van der Waals surface area contributed by atoms with E-state index in [0.29, 0.717) is 20.6 Å². The lowest BCUT2D eigenvalue weighted by Gasteiger charge is -2.22. The van der Waals surface area contributed by atoms with E-state index in [9.17, 15) is 18.5 Å². The Labute approximate surface area is 257 Å². The molecule has 0 aliphatic rings. The summed E-state index contributed by atoms with van der Waals surface area (Å²) >= 11 is 24.0. The third-order valence-electron chi connectivity index (χ3n) is 5.83. The summed E-state index contributed by atoms with van der Waals surface area (Å²) in [7, 11) is -4.01. The molecule has 3 aromatic carbocycles. The number of carbonyl (C=O) groups excluding carboxylic acids is 1. The molecule has 0 radical (unpaired) electrons. The van der Waals surface area contributed by atoms with Gasteiger partial charge >= 0.3 is 0 Å². The van der Waals surface area contributed by atoms with Crippen LogP contribution >= 0.6 is 46.4 Å². The highest BCUT2D eigenvalue weighted by molar-refractivity contribution is 7.89. The number of rotatable bonds is 10. The van der Waals surface area contributed by atoms with E-state index in [2.05, 4.69) is 5.32 Å². The third kappa shape index (κ3) is 8.14. The van der Waals surface area contributed by atoms with Crippen molar-refractivity contribution < 1.29 is 17.6 Å². The van der Waals surface area contributed by atoms with E-state index in [1.807, 2.05) is 6.07 Å². The van der Waals surface area contributed by atoms with Crippen LogP contribution in [0.2, 0.25) is 20.1 Å². The van der Waals surface area contributed by atoms with Crippen molar-refractivity contribution in [3.8, 4) is 6.07 Å². The molecule has 12 heteroatoms. The van der Waals surface area contributed by atoms with Gasteiger partial charge in [0, 0.05) is 29.2 Å². The quantitative estimate of drug-likeness (QED) is 0.142. The molecule has 1 heterocycles. The Morgan fingerprint density at radius 1 is 0.854 bits per heavy atom. The van der Waals surface area contributed by atoms with Crippen LogP contribution in [0, 0.1) is 11.3 Å². The van der Waals surface area contributed by atoms with Gasteiger partial charge in [0.2, 0.25) is 10.0 Å². The van der Waals surface area contributed by atoms with Gasteiger partial charge in [0.25, 0.3) is 5.91 Å². The lowest BCUT2D eigenvalue weighted by molar-refractivity contribution is -0.117. The number of hydrogen-bond acceptors (Lipinski definition) is 5. The number of sulfonamides is 1. The molecule has 1 amide bonds. The van der Waals surface area contributed by atoms with Gasteiger partial charge in [-0.05, 0) is 71.8 Å². The van der Waals surface area contributed by atoms with Gasteiger partial charge in [0.05, 0.1) is 21.5 Å². The summed E-state index contributed by atoms with van der Waals surface area (Å²) < 4.78 is 34.2. The molecular weight excluding hydrogens is 628 g/mol. The summed E-state index contributed by atoms with van der Waals surface area (Å²) in [6, 6.07) is 22.6. The number of carbonyl (C=O) groups is 1. The topological polar surface area (TPSA) is 103 Å². The monoisotopic (exact) mass is 647 g/mol. The van der Waals surface area contributed by atoms with Crippen LogP contribution in [0.1, 0.15) is 22.6 Å². The van der Waals surface area contributed by atoms with Crippen LogP contribution in [-0.4, -0.2) is 18.6 Å². The molecule has 4 aromatic rings. The average Bonchev–Trinajstić information content (AvgIpc) is 3.40. The van der Waals surface area contributed by atoms with Crippen LogP contribution in [0.25, 0.3) is 6.08 Å². The smallest absolute Gasteiger partial charge is 0.262 e.